The molecule has 1 saturated heterocycles. The van der Waals surface area contributed by atoms with E-state index < -0.39 is 0 Å². The molecule has 0 amide bonds. The predicted octanol–water partition coefficient (Wildman–Crippen LogP) is 5.75. The summed E-state index contributed by atoms with van der Waals surface area (Å²) in [6, 6.07) is 12.8. The van der Waals surface area contributed by atoms with Gasteiger partial charge in [0.05, 0.1) is 21.1 Å². The molecule has 30 heavy (non-hydrogen) atoms. The lowest BCUT2D eigenvalue weighted by Crippen LogP contribution is -2.28. The van der Waals surface area contributed by atoms with Gasteiger partial charge in [-0.15, -0.1) is 0 Å². The summed E-state index contributed by atoms with van der Waals surface area (Å²) in [5.74, 6) is 1.60. The van der Waals surface area contributed by atoms with E-state index in [2.05, 4.69) is 46.4 Å². The molecule has 1 fully saturated rings. The van der Waals surface area contributed by atoms with E-state index in [0.29, 0.717) is 16.0 Å². The molecule has 3 aromatic rings. The highest BCUT2D eigenvalue weighted by Gasteiger charge is 2.23. The molecule has 0 aliphatic carbocycles. The molecule has 0 atom stereocenters. The molecule has 0 saturated carbocycles. The van der Waals surface area contributed by atoms with Gasteiger partial charge < -0.3 is 15.2 Å². The van der Waals surface area contributed by atoms with Crippen molar-refractivity contribution in [1.82, 2.24) is 20.2 Å². The third kappa shape index (κ3) is 5.00. The van der Waals surface area contributed by atoms with Crippen LogP contribution < -0.4 is 10.6 Å². The number of hydrogen-bond donors (Lipinski definition) is 2. The number of nitrogens with one attached hydrogen (secondary N) is 2. The Morgan fingerprint density at radius 3 is 2.50 bits per heavy atom. The number of fused-ring (bicyclic) bond motifs is 1. The Bertz CT molecular complexity index is 975. The van der Waals surface area contributed by atoms with Crippen LogP contribution in [0.4, 0.5) is 0 Å². The number of aromatic nitrogens is 2. The number of benzene rings is 2. The Labute approximate surface area is 189 Å². The van der Waals surface area contributed by atoms with Crippen molar-refractivity contribution >= 4 is 34.2 Å². The largest absolute Gasteiger partial charge is 0.323 e. The average Bonchev–Trinajstić information content (AvgIpc) is 3.10. The summed E-state index contributed by atoms with van der Waals surface area (Å²) in [5.41, 5.74) is 4.57. The number of rotatable bonds is 8. The van der Waals surface area contributed by atoms with Gasteiger partial charge in [-0.3, -0.25) is 0 Å². The molecule has 6 heteroatoms. The van der Waals surface area contributed by atoms with Crippen LogP contribution in [-0.2, 0) is 13.1 Å². The van der Waals surface area contributed by atoms with Crippen LogP contribution in [0.25, 0.3) is 11.0 Å². The maximum Gasteiger partial charge on any atom is 0.113 e. The summed E-state index contributed by atoms with van der Waals surface area (Å²) in [6.07, 6.45) is 4.65. The molecule has 0 radical (unpaired) electrons. The van der Waals surface area contributed by atoms with Crippen LogP contribution in [0, 0.1) is 0 Å². The summed E-state index contributed by atoms with van der Waals surface area (Å²) in [6.45, 7) is 7.07. The Morgan fingerprint density at radius 1 is 1.07 bits per heavy atom. The Hall–Kier alpha value is -1.59. The smallest absolute Gasteiger partial charge is 0.113 e. The molecular weight excluding hydrogens is 415 g/mol. The van der Waals surface area contributed by atoms with E-state index in [-0.39, 0.29) is 0 Å². The lowest BCUT2D eigenvalue weighted by molar-refractivity contribution is 0.435. The highest BCUT2D eigenvalue weighted by atomic mass is 35.5. The fraction of sp³-hybridized carbons (Fsp3) is 0.458. The number of piperidine rings is 1. The maximum absolute atomic E-state index is 6.36. The second kappa shape index (κ2) is 10.1. The summed E-state index contributed by atoms with van der Waals surface area (Å²) in [5, 5.41) is 8.10. The van der Waals surface area contributed by atoms with Crippen LogP contribution in [0.2, 0.25) is 10.0 Å². The van der Waals surface area contributed by atoms with Crippen LogP contribution in [0.15, 0.2) is 36.4 Å². The van der Waals surface area contributed by atoms with Crippen molar-refractivity contribution < 1.29 is 0 Å². The van der Waals surface area contributed by atoms with E-state index in [1.54, 1.807) is 0 Å². The predicted molar refractivity (Wildman–Crippen MR) is 127 cm³/mol. The third-order valence-electron chi connectivity index (χ3n) is 5.92. The van der Waals surface area contributed by atoms with E-state index in [1.165, 1.54) is 24.0 Å². The van der Waals surface area contributed by atoms with Crippen molar-refractivity contribution in [3.8, 4) is 0 Å². The Morgan fingerprint density at radius 2 is 1.77 bits per heavy atom. The lowest BCUT2D eigenvalue weighted by Gasteiger charge is -2.23. The van der Waals surface area contributed by atoms with Gasteiger partial charge in [0.1, 0.15) is 5.82 Å². The van der Waals surface area contributed by atoms with E-state index >= 15 is 0 Å². The maximum atomic E-state index is 6.36. The minimum atomic E-state index is 0.457. The zero-order chi connectivity index (χ0) is 20.9. The molecule has 0 unspecified atom stereocenters. The fourth-order valence-electron chi connectivity index (χ4n) is 4.18. The van der Waals surface area contributed by atoms with Crippen LogP contribution >= 0.6 is 23.2 Å². The van der Waals surface area contributed by atoms with Gasteiger partial charge in [-0.05, 0) is 62.2 Å². The van der Waals surface area contributed by atoms with Crippen molar-refractivity contribution in [1.29, 1.82) is 0 Å². The van der Waals surface area contributed by atoms with Crippen LogP contribution in [-0.4, -0.2) is 29.2 Å². The molecule has 4 nitrogen and oxygen atoms in total. The van der Waals surface area contributed by atoms with Crippen LogP contribution in [0.1, 0.15) is 55.5 Å². The van der Waals surface area contributed by atoms with E-state index in [9.17, 15) is 0 Å². The first-order chi connectivity index (χ1) is 14.7. The number of unbranched alkanes of at least 4 members (excludes halogenated alkanes) is 1. The van der Waals surface area contributed by atoms with Gasteiger partial charge in [0.2, 0.25) is 0 Å². The highest BCUT2D eigenvalue weighted by molar-refractivity contribution is 6.42. The van der Waals surface area contributed by atoms with Crippen molar-refractivity contribution in [3.05, 3.63) is 63.4 Å². The first-order valence-electron chi connectivity index (χ1n) is 11.0. The summed E-state index contributed by atoms with van der Waals surface area (Å²) in [7, 11) is 0. The highest BCUT2D eigenvalue weighted by Crippen LogP contribution is 2.33. The lowest BCUT2D eigenvalue weighted by atomic mass is 9.97. The van der Waals surface area contributed by atoms with E-state index in [4.69, 9.17) is 28.2 Å². The zero-order valence-electron chi connectivity index (χ0n) is 17.6. The zero-order valence-corrected chi connectivity index (χ0v) is 19.1. The second-order valence-corrected chi connectivity index (χ2v) is 9.00. The first-order valence-corrected chi connectivity index (χ1v) is 11.8. The molecule has 0 spiro atoms. The van der Waals surface area contributed by atoms with Gasteiger partial charge >= 0.3 is 0 Å². The van der Waals surface area contributed by atoms with Gasteiger partial charge in [0.25, 0.3) is 0 Å². The monoisotopic (exact) mass is 444 g/mol. The fourth-order valence-corrected chi connectivity index (χ4v) is 4.49. The second-order valence-electron chi connectivity index (χ2n) is 8.18. The van der Waals surface area contributed by atoms with Crippen molar-refractivity contribution in [2.24, 2.45) is 0 Å². The Balaban J connectivity index is 1.59. The normalized spacial score (nSPS) is 15.2. The quantitative estimate of drug-likeness (QED) is 0.434. The molecular formula is C24H30Cl2N4. The SMILES string of the molecule is CCCCNCc1ccc(Cn2c(C3CCNCC3)nc3cc(Cl)c(Cl)cc32)cc1. The molecule has 1 aliphatic heterocycles. The van der Waals surface area contributed by atoms with Gasteiger partial charge in [-0.2, -0.15) is 0 Å². The standard InChI is InChI=1S/C24H30Cl2N4/c1-2-3-10-28-15-17-4-6-18(7-5-17)16-30-23-14-21(26)20(25)13-22(23)29-24(30)19-8-11-27-12-9-19/h4-7,13-14,19,27-28H,2-3,8-12,15-16H2,1H3. The van der Waals surface area contributed by atoms with Crippen molar-refractivity contribution in [2.45, 2.75) is 51.6 Å². The Kier molecular flexibility index (Phi) is 7.32. The topological polar surface area (TPSA) is 41.9 Å². The number of imidazole rings is 1. The average molecular weight is 445 g/mol. The molecule has 0 bridgehead atoms. The number of nitrogens with zero attached hydrogens (tertiary/aromatic N) is 2. The first kappa shape index (κ1) is 21.6. The number of hydrogen-bond acceptors (Lipinski definition) is 3. The third-order valence-corrected chi connectivity index (χ3v) is 6.65. The van der Waals surface area contributed by atoms with Crippen LogP contribution in [0.5, 0.6) is 0 Å². The van der Waals surface area contributed by atoms with Gasteiger partial charge in [0, 0.05) is 19.0 Å². The molecule has 2 aromatic carbocycles. The molecule has 160 valence electrons. The van der Waals surface area contributed by atoms with Gasteiger partial charge in [-0.25, -0.2) is 4.98 Å². The summed E-state index contributed by atoms with van der Waals surface area (Å²) >= 11 is 12.6. The van der Waals surface area contributed by atoms with Gasteiger partial charge in [-0.1, -0.05) is 60.8 Å². The van der Waals surface area contributed by atoms with Gasteiger partial charge in [0.15, 0.2) is 0 Å². The molecule has 4 rings (SSSR count). The minimum Gasteiger partial charge on any atom is -0.323 e. The summed E-state index contributed by atoms with van der Waals surface area (Å²) in [4.78, 5) is 4.99. The summed E-state index contributed by atoms with van der Waals surface area (Å²) < 4.78 is 2.34. The minimum absolute atomic E-state index is 0.457. The van der Waals surface area contributed by atoms with E-state index in [0.717, 1.165) is 62.4 Å². The molecule has 2 N–H and O–H groups in total. The van der Waals surface area contributed by atoms with Crippen LogP contribution in [0.3, 0.4) is 0 Å². The van der Waals surface area contributed by atoms with Crippen molar-refractivity contribution in [3.63, 3.8) is 0 Å². The molecule has 1 aromatic heterocycles. The van der Waals surface area contributed by atoms with Crippen molar-refractivity contribution in [2.75, 3.05) is 19.6 Å². The molecule has 2 heterocycles. The number of halogens is 2. The van der Waals surface area contributed by atoms with E-state index in [1.807, 2.05) is 12.1 Å². The molecule has 1 aliphatic rings.